The monoisotopic (exact) mass is 763 g/mol. The Balaban J connectivity index is 1.26. The maximum absolute atomic E-state index is 16.7. The zero-order valence-electron chi connectivity index (χ0n) is 33.1. The number of halogens is 1. The van der Waals surface area contributed by atoms with Crippen molar-refractivity contribution in [2.24, 2.45) is 5.41 Å². The molecule has 3 aromatic rings. The topological polar surface area (TPSA) is 174 Å². The van der Waals surface area contributed by atoms with E-state index in [-0.39, 0.29) is 59.0 Å². The summed E-state index contributed by atoms with van der Waals surface area (Å²) in [6.45, 7) is 19.1. The molecule has 2 fully saturated rings. The largest absolute Gasteiger partial charge is 0.474 e. The van der Waals surface area contributed by atoms with Gasteiger partial charge in [-0.2, -0.15) is 0 Å². The molecule has 1 spiro atoms. The van der Waals surface area contributed by atoms with Gasteiger partial charge in [-0.25, -0.2) is 33.5 Å². The first-order valence-electron chi connectivity index (χ1n) is 18.3. The number of urea groups is 1. The number of ether oxygens (including phenoxy) is 4. The van der Waals surface area contributed by atoms with Gasteiger partial charge >= 0.3 is 24.3 Å². The van der Waals surface area contributed by atoms with E-state index < -0.39 is 40.8 Å². The molecular weight excluding hydrogens is 713 g/mol. The van der Waals surface area contributed by atoms with Crippen molar-refractivity contribution < 1.29 is 42.5 Å². The average Bonchev–Trinajstić information content (AvgIpc) is 3.00. The molecule has 0 atom stereocenters. The number of nitrogens with one attached hydrogen (secondary N) is 3. The number of aromatic nitrogens is 2. The standard InChI is InChI=1S/C39H50FN7O8/c1-21-25(17-42-31-30(21)47(11-12-52-31)35(51)55-38(8,9)10)24-13-22-14-27(41-18-26(22)29(28(24)40)45-33(49)53-36(2,3)4)44-32(48)43-23-15-39(16-23)19-46(20-39)34(50)54-37(5,6)7/h13-14,17-18,23H,11-12,15-16,19-20H2,1-10H3,(H,45,49)(H2,41,43,44,48). The lowest BCUT2D eigenvalue weighted by molar-refractivity contribution is -0.0806. The van der Waals surface area contributed by atoms with E-state index in [1.807, 2.05) is 20.8 Å². The van der Waals surface area contributed by atoms with Crippen molar-refractivity contribution >= 4 is 52.3 Å². The Labute approximate surface area is 319 Å². The van der Waals surface area contributed by atoms with Gasteiger partial charge in [-0.3, -0.25) is 15.5 Å². The molecule has 0 unspecified atom stereocenters. The van der Waals surface area contributed by atoms with Crippen LogP contribution in [0.3, 0.4) is 0 Å². The Morgan fingerprint density at radius 1 is 0.855 bits per heavy atom. The number of fused-ring (bicyclic) bond motifs is 2. The van der Waals surface area contributed by atoms with Crippen LogP contribution in [0.5, 0.6) is 5.88 Å². The molecule has 6 rings (SSSR count). The van der Waals surface area contributed by atoms with Gasteiger partial charge in [-0.15, -0.1) is 0 Å². The predicted octanol–water partition coefficient (Wildman–Crippen LogP) is 7.75. The van der Waals surface area contributed by atoms with Crippen molar-refractivity contribution in [2.45, 2.75) is 105 Å². The highest BCUT2D eigenvalue weighted by atomic mass is 19.1. The number of benzene rings is 1. The predicted molar refractivity (Wildman–Crippen MR) is 204 cm³/mol. The Hall–Kier alpha value is -5.41. The number of carbonyl (C=O) groups excluding carboxylic acids is 4. The number of rotatable bonds is 4. The van der Waals surface area contributed by atoms with Gasteiger partial charge in [-0.1, -0.05) is 0 Å². The van der Waals surface area contributed by atoms with Gasteiger partial charge < -0.3 is 29.2 Å². The molecule has 1 saturated heterocycles. The van der Waals surface area contributed by atoms with Gasteiger partial charge in [0.05, 0.1) is 12.2 Å². The summed E-state index contributed by atoms with van der Waals surface area (Å²) in [5.74, 6) is -0.406. The highest BCUT2D eigenvalue weighted by Crippen LogP contribution is 2.49. The lowest BCUT2D eigenvalue weighted by Gasteiger charge is -2.58. The summed E-state index contributed by atoms with van der Waals surface area (Å²) in [5, 5.41) is 8.98. The minimum atomic E-state index is -0.879. The minimum Gasteiger partial charge on any atom is -0.474 e. The van der Waals surface area contributed by atoms with Crippen LogP contribution in [-0.4, -0.2) is 88.3 Å². The number of hydrogen-bond donors (Lipinski definition) is 3. The Morgan fingerprint density at radius 2 is 1.49 bits per heavy atom. The molecule has 3 N–H and O–H groups in total. The van der Waals surface area contributed by atoms with E-state index >= 15 is 4.39 Å². The van der Waals surface area contributed by atoms with Crippen molar-refractivity contribution in [3.63, 3.8) is 0 Å². The smallest absolute Gasteiger partial charge is 0.415 e. The first-order chi connectivity index (χ1) is 25.5. The highest BCUT2D eigenvalue weighted by molar-refractivity contribution is 6.05. The van der Waals surface area contributed by atoms with Crippen LogP contribution in [0, 0.1) is 18.2 Å². The lowest BCUT2D eigenvalue weighted by atomic mass is 9.61. The van der Waals surface area contributed by atoms with E-state index in [1.165, 1.54) is 17.3 Å². The molecule has 2 aliphatic heterocycles. The first kappa shape index (κ1) is 39.3. The molecule has 1 saturated carbocycles. The molecule has 2 aromatic heterocycles. The molecule has 4 heterocycles. The van der Waals surface area contributed by atoms with Crippen LogP contribution >= 0.6 is 0 Å². The van der Waals surface area contributed by atoms with Crippen molar-refractivity contribution in [1.29, 1.82) is 0 Å². The second-order valence-corrected chi connectivity index (χ2v) is 17.5. The summed E-state index contributed by atoms with van der Waals surface area (Å²) in [6, 6.07) is 2.58. The van der Waals surface area contributed by atoms with Crippen molar-refractivity contribution in [3.05, 3.63) is 35.9 Å². The van der Waals surface area contributed by atoms with Crippen LogP contribution in [0.25, 0.3) is 21.9 Å². The average molecular weight is 764 g/mol. The summed E-state index contributed by atoms with van der Waals surface area (Å²) in [5.41, 5.74) is -1.21. The van der Waals surface area contributed by atoms with E-state index in [2.05, 4.69) is 25.9 Å². The molecule has 0 bridgehead atoms. The molecular formula is C39H50FN7O8. The Kier molecular flexibility index (Phi) is 10.0. The quantitative estimate of drug-likeness (QED) is 0.223. The number of amides is 5. The van der Waals surface area contributed by atoms with Gasteiger partial charge in [0.25, 0.3) is 0 Å². The maximum atomic E-state index is 16.7. The van der Waals surface area contributed by atoms with Crippen LogP contribution in [-0.2, 0) is 14.2 Å². The number of likely N-dealkylation sites (tertiary alicyclic amines) is 1. The summed E-state index contributed by atoms with van der Waals surface area (Å²) >= 11 is 0. The van der Waals surface area contributed by atoms with Gasteiger partial charge in [0.2, 0.25) is 5.88 Å². The summed E-state index contributed by atoms with van der Waals surface area (Å²) in [6.07, 6.45) is 2.43. The number of pyridine rings is 2. The van der Waals surface area contributed by atoms with E-state index in [0.29, 0.717) is 35.3 Å². The first-order valence-corrected chi connectivity index (χ1v) is 18.3. The molecule has 0 radical (unpaired) electrons. The van der Waals surface area contributed by atoms with Crippen LogP contribution in [0.15, 0.2) is 24.5 Å². The zero-order chi connectivity index (χ0) is 40.2. The Morgan fingerprint density at radius 3 is 2.13 bits per heavy atom. The second-order valence-electron chi connectivity index (χ2n) is 17.5. The van der Waals surface area contributed by atoms with Crippen LogP contribution in [0.2, 0.25) is 0 Å². The molecule has 55 heavy (non-hydrogen) atoms. The van der Waals surface area contributed by atoms with Crippen LogP contribution in [0.1, 0.15) is 80.7 Å². The molecule has 15 nitrogen and oxygen atoms in total. The normalized spacial score (nSPS) is 16.6. The van der Waals surface area contributed by atoms with Crippen molar-refractivity contribution in [1.82, 2.24) is 20.2 Å². The fourth-order valence-electron chi connectivity index (χ4n) is 7.08. The molecule has 296 valence electrons. The fraction of sp³-hybridized carbons (Fsp3) is 0.538. The molecule has 3 aliphatic rings. The molecule has 5 amide bonds. The van der Waals surface area contributed by atoms with Crippen molar-refractivity contribution in [3.8, 4) is 17.0 Å². The minimum absolute atomic E-state index is 0.0339. The number of nitrogens with zero attached hydrogens (tertiary/aromatic N) is 4. The zero-order valence-corrected chi connectivity index (χ0v) is 33.1. The molecule has 1 aromatic carbocycles. The van der Waals surface area contributed by atoms with E-state index in [0.717, 1.165) is 12.8 Å². The number of anilines is 3. The molecule has 16 heteroatoms. The third-order valence-electron chi connectivity index (χ3n) is 9.23. The highest BCUT2D eigenvalue weighted by Gasteiger charge is 2.54. The third kappa shape index (κ3) is 8.78. The van der Waals surface area contributed by atoms with Gasteiger partial charge in [0, 0.05) is 53.5 Å². The summed E-state index contributed by atoms with van der Waals surface area (Å²) in [4.78, 5) is 63.6. The Bertz CT molecular complexity index is 2040. The van der Waals surface area contributed by atoms with Gasteiger partial charge in [0.1, 0.15) is 34.9 Å². The van der Waals surface area contributed by atoms with Crippen LogP contribution < -0.4 is 25.6 Å². The van der Waals surface area contributed by atoms with Gasteiger partial charge in [-0.05, 0) is 105 Å². The van der Waals surface area contributed by atoms with E-state index in [1.54, 1.807) is 65.5 Å². The molecule has 1 aliphatic carbocycles. The lowest BCUT2D eigenvalue weighted by Crippen LogP contribution is -2.68. The van der Waals surface area contributed by atoms with E-state index in [4.69, 9.17) is 18.9 Å². The third-order valence-corrected chi connectivity index (χ3v) is 9.23. The SMILES string of the molecule is Cc1c(-c2cc3cc(NC(=O)NC4CC5(C4)CN(C(=O)OC(C)(C)C)C5)ncc3c(NC(=O)OC(C)(C)C)c2F)cnc2c1N(C(=O)OC(C)(C)C)CCO2. The fourth-order valence-corrected chi connectivity index (χ4v) is 7.08. The summed E-state index contributed by atoms with van der Waals surface area (Å²) in [7, 11) is 0. The van der Waals surface area contributed by atoms with Crippen LogP contribution in [0.4, 0.5) is 40.8 Å². The second kappa shape index (κ2) is 14.0. The number of carbonyl (C=O) groups is 4. The van der Waals surface area contributed by atoms with E-state index in [9.17, 15) is 19.2 Å². The number of hydrogen-bond acceptors (Lipinski definition) is 10. The van der Waals surface area contributed by atoms with Crippen molar-refractivity contribution in [2.75, 3.05) is 41.8 Å². The summed E-state index contributed by atoms with van der Waals surface area (Å²) < 4.78 is 39.1. The van der Waals surface area contributed by atoms with Gasteiger partial charge in [0.15, 0.2) is 5.82 Å². The maximum Gasteiger partial charge on any atom is 0.415 e.